The van der Waals surface area contributed by atoms with Crippen molar-refractivity contribution in [2.24, 2.45) is 0 Å². The molecule has 2 rings (SSSR count). The highest BCUT2D eigenvalue weighted by Gasteiger charge is 2.29. The molecule has 0 saturated carbocycles. The number of aliphatic hydroxyl groups excluding tert-OH is 1. The Morgan fingerprint density at radius 3 is 1.73 bits per heavy atom. The van der Waals surface area contributed by atoms with Gasteiger partial charge in [0.1, 0.15) is 0 Å². The Morgan fingerprint density at radius 1 is 0.808 bits per heavy atom. The van der Waals surface area contributed by atoms with Crippen LogP contribution in [0.2, 0.25) is 0 Å². The number of alkyl halides is 3. The van der Waals surface area contributed by atoms with Crippen molar-refractivity contribution in [3.05, 3.63) is 71.3 Å². The van der Waals surface area contributed by atoms with Crippen LogP contribution in [0, 0.1) is 0 Å². The number of benzene rings is 2. The van der Waals surface area contributed by atoms with Gasteiger partial charge in [0.15, 0.2) is 0 Å². The van der Waals surface area contributed by atoms with E-state index >= 15 is 0 Å². The largest absolute Gasteiger partial charge is 0.416 e. The van der Waals surface area contributed by atoms with Gasteiger partial charge in [0.05, 0.1) is 11.7 Å². The highest BCUT2D eigenvalue weighted by Crippen LogP contribution is 2.29. The number of nitrogens with zero attached hydrogens (tertiary/aromatic N) is 2. The lowest BCUT2D eigenvalue weighted by Crippen LogP contribution is -2.37. The average Bonchev–Trinajstić information content (AvgIpc) is 2.54. The first-order valence-electron chi connectivity index (χ1n) is 8.49. The average molecular weight is 366 g/mol. The molecule has 0 aliphatic heterocycles. The molecule has 26 heavy (non-hydrogen) atoms. The molecular formula is C20H25F3N2O. The molecule has 0 aliphatic carbocycles. The Morgan fingerprint density at radius 2 is 1.27 bits per heavy atom. The van der Waals surface area contributed by atoms with E-state index in [1.54, 1.807) is 0 Å². The molecule has 1 atom stereocenters. The third kappa shape index (κ3) is 6.78. The van der Waals surface area contributed by atoms with Gasteiger partial charge < -0.3 is 5.11 Å². The van der Waals surface area contributed by atoms with Crippen molar-refractivity contribution in [2.45, 2.75) is 25.4 Å². The summed E-state index contributed by atoms with van der Waals surface area (Å²) < 4.78 is 37.8. The van der Waals surface area contributed by atoms with Crippen molar-refractivity contribution in [1.82, 2.24) is 9.80 Å². The van der Waals surface area contributed by atoms with Crippen molar-refractivity contribution in [3.63, 3.8) is 0 Å². The molecule has 0 spiro atoms. The normalized spacial score (nSPS) is 13.4. The Labute approximate surface area is 152 Å². The van der Waals surface area contributed by atoms with E-state index in [0.717, 1.165) is 24.2 Å². The van der Waals surface area contributed by atoms with Crippen LogP contribution in [-0.2, 0) is 19.3 Å². The Bertz CT molecular complexity index is 659. The fraction of sp³-hybridized carbons (Fsp3) is 0.400. The molecule has 0 aromatic heterocycles. The molecule has 2 aromatic rings. The minimum absolute atomic E-state index is 0.445. The second-order valence-electron chi connectivity index (χ2n) is 6.73. The summed E-state index contributed by atoms with van der Waals surface area (Å²) in [7, 11) is 3.80. The van der Waals surface area contributed by atoms with Gasteiger partial charge in [0.2, 0.25) is 0 Å². The quantitative estimate of drug-likeness (QED) is 0.773. The molecule has 0 aliphatic rings. The molecule has 2 aromatic carbocycles. The number of aliphatic hydroxyl groups is 1. The summed E-state index contributed by atoms with van der Waals surface area (Å²) in [5.74, 6) is 0. The summed E-state index contributed by atoms with van der Waals surface area (Å²) in [5, 5.41) is 10.3. The minimum Gasteiger partial charge on any atom is -0.390 e. The van der Waals surface area contributed by atoms with Gasteiger partial charge in [-0.05, 0) is 37.4 Å². The van der Waals surface area contributed by atoms with E-state index in [4.69, 9.17) is 0 Å². The predicted molar refractivity (Wildman–Crippen MR) is 96.6 cm³/mol. The SMILES string of the molecule is CN(Cc1ccccc1)CC(O)CN(C)Cc1ccc(C(F)(F)F)cc1. The first kappa shape index (κ1) is 20.4. The standard InChI is InChI=1S/C20H25F3N2O/c1-24(12-16-6-4-3-5-7-16)14-19(26)15-25(2)13-17-8-10-18(11-9-17)20(21,22)23/h3-11,19,26H,12-15H2,1-2H3. The van der Waals surface area contributed by atoms with Crippen molar-refractivity contribution in [3.8, 4) is 0 Å². The summed E-state index contributed by atoms with van der Waals surface area (Å²) in [5.41, 5.74) is 1.32. The van der Waals surface area contributed by atoms with Gasteiger partial charge >= 0.3 is 6.18 Å². The summed E-state index contributed by atoms with van der Waals surface area (Å²) in [6.07, 6.45) is -4.85. The number of rotatable bonds is 8. The van der Waals surface area contributed by atoms with E-state index in [1.807, 2.05) is 54.2 Å². The van der Waals surface area contributed by atoms with Crippen LogP contribution in [-0.4, -0.2) is 48.2 Å². The van der Waals surface area contributed by atoms with Crippen molar-refractivity contribution >= 4 is 0 Å². The third-order valence-corrected chi connectivity index (χ3v) is 4.07. The van der Waals surface area contributed by atoms with Crippen LogP contribution in [0.5, 0.6) is 0 Å². The molecule has 0 fully saturated rings. The van der Waals surface area contributed by atoms with Crippen LogP contribution < -0.4 is 0 Å². The second kappa shape index (κ2) is 9.16. The highest BCUT2D eigenvalue weighted by molar-refractivity contribution is 5.24. The minimum atomic E-state index is -4.32. The van der Waals surface area contributed by atoms with Crippen molar-refractivity contribution in [1.29, 1.82) is 0 Å². The molecule has 1 N–H and O–H groups in total. The number of halogens is 3. The van der Waals surface area contributed by atoms with Gasteiger partial charge in [0.25, 0.3) is 0 Å². The zero-order valence-electron chi connectivity index (χ0n) is 15.1. The molecule has 0 saturated heterocycles. The fourth-order valence-electron chi connectivity index (χ4n) is 2.91. The molecule has 6 heteroatoms. The van der Waals surface area contributed by atoms with Crippen molar-refractivity contribution in [2.75, 3.05) is 27.2 Å². The smallest absolute Gasteiger partial charge is 0.390 e. The Balaban J connectivity index is 1.78. The monoisotopic (exact) mass is 366 g/mol. The first-order chi connectivity index (χ1) is 12.2. The maximum Gasteiger partial charge on any atom is 0.416 e. The molecule has 0 bridgehead atoms. The summed E-state index contributed by atoms with van der Waals surface area (Å²) in [6.45, 7) is 2.20. The molecular weight excluding hydrogens is 341 g/mol. The summed E-state index contributed by atoms with van der Waals surface area (Å²) >= 11 is 0. The van der Waals surface area contributed by atoms with Gasteiger partial charge in [-0.15, -0.1) is 0 Å². The maximum atomic E-state index is 12.6. The lowest BCUT2D eigenvalue weighted by Gasteiger charge is -2.25. The zero-order valence-corrected chi connectivity index (χ0v) is 15.1. The first-order valence-corrected chi connectivity index (χ1v) is 8.49. The number of likely N-dealkylation sites (N-methyl/N-ethyl adjacent to an activating group) is 2. The van der Waals surface area contributed by atoms with Crippen LogP contribution in [0.4, 0.5) is 13.2 Å². The molecule has 0 heterocycles. The number of hydrogen-bond acceptors (Lipinski definition) is 3. The Hall–Kier alpha value is -1.89. The topological polar surface area (TPSA) is 26.7 Å². The van der Waals surface area contributed by atoms with E-state index in [-0.39, 0.29) is 0 Å². The van der Waals surface area contributed by atoms with E-state index in [1.165, 1.54) is 17.7 Å². The van der Waals surface area contributed by atoms with Gasteiger partial charge in [-0.3, -0.25) is 9.80 Å². The van der Waals surface area contributed by atoms with Crippen LogP contribution in [0.25, 0.3) is 0 Å². The molecule has 3 nitrogen and oxygen atoms in total. The van der Waals surface area contributed by atoms with E-state index in [9.17, 15) is 18.3 Å². The van der Waals surface area contributed by atoms with Gasteiger partial charge in [-0.25, -0.2) is 0 Å². The molecule has 0 radical (unpaired) electrons. The maximum absolute atomic E-state index is 12.6. The lowest BCUT2D eigenvalue weighted by atomic mass is 10.1. The van der Waals surface area contributed by atoms with Crippen LogP contribution in [0.15, 0.2) is 54.6 Å². The fourth-order valence-corrected chi connectivity index (χ4v) is 2.91. The number of hydrogen-bond donors (Lipinski definition) is 1. The molecule has 0 amide bonds. The third-order valence-electron chi connectivity index (χ3n) is 4.07. The van der Waals surface area contributed by atoms with Crippen LogP contribution in [0.3, 0.4) is 0 Å². The van der Waals surface area contributed by atoms with E-state index < -0.39 is 17.8 Å². The second-order valence-corrected chi connectivity index (χ2v) is 6.73. The van der Waals surface area contributed by atoms with Gasteiger partial charge in [-0.1, -0.05) is 42.5 Å². The van der Waals surface area contributed by atoms with E-state index in [2.05, 4.69) is 0 Å². The molecule has 1 unspecified atom stereocenters. The zero-order chi connectivity index (χ0) is 19.2. The highest BCUT2D eigenvalue weighted by atomic mass is 19.4. The summed E-state index contributed by atoms with van der Waals surface area (Å²) in [6, 6.07) is 15.2. The van der Waals surface area contributed by atoms with Crippen LogP contribution in [0.1, 0.15) is 16.7 Å². The summed E-state index contributed by atoms with van der Waals surface area (Å²) in [4.78, 5) is 3.95. The van der Waals surface area contributed by atoms with Gasteiger partial charge in [-0.2, -0.15) is 13.2 Å². The van der Waals surface area contributed by atoms with Gasteiger partial charge in [0, 0.05) is 26.2 Å². The van der Waals surface area contributed by atoms with Crippen molar-refractivity contribution < 1.29 is 18.3 Å². The lowest BCUT2D eigenvalue weighted by molar-refractivity contribution is -0.137. The Kier molecular flexibility index (Phi) is 7.20. The van der Waals surface area contributed by atoms with E-state index in [0.29, 0.717) is 19.6 Å². The van der Waals surface area contributed by atoms with Crippen LogP contribution >= 0.6 is 0 Å². The predicted octanol–water partition coefficient (Wildman–Crippen LogP) is 3.63. The molecule has 142 valence electrons.